The third-order valence-corrected chi connectivity index (χ3v) is 4.73. The molecule has 1 fully saturated rings. The SMILES string of the molecule is CC1CN(I)CCC1NC(=O)c1ccc2nc[nH]c2c1. The second kappa shape index (κ2) is 5.69. The van der Waals surface area contributed by atoms with Gasteiger partial charge in [0.1, 0.15) is 0 Å². The van der Waals surface area contributed by atoms with Crippen molar-refractivity contribution in [2.24, 2.45) is 5.92 Å². The summed E-state index contributed by atoms with van der Waals surface area (Å²) < 4.78 is 2.28. The van der Waals surface area contributed by atoms with Crippen LogP contribution in [0.2, 0.25) is 0 Å². The summed E-state index contributed by atoms with van der Waals surface area (Å²) in [6, 6.07) is 5.82. The topological polar surface area (TPSA) is 61.0 Å². The number of H-pyrrole nitrogens is 1. The van der Waals surface area contributed by atoms with E-state index in [2.05, 4.69) is 48.2 Å². The molecule has 1 amide bonds. The highest BCUT2D eigenvalue weighted by atomic mass is 127. The van der Waals surface area contributed by atoms with Crippen molar-refractivity contribution in [3.8, 4) is 0 Å². The number of nitrogens with zero attached hydrogens (tertiary/aromatic N) is 2. The molecule has 0 radical (unpaired) electrons. The van der Waals surface area contributed by atoms with Gasteiger partial charge in [-0.25, -0.2) is 8.10 Å². The van der Waals surface area contributed by atoms with E-state index in [4.69, 9.17) is 0 Å². The van der Waals surface area contributed by atoms with Crippen molar-refractivity contribution in [2.75, 3.05) is 13.1 Å². The van der Waals surface area contributed by atoms with Crippen molar-refractivity contribution in [3.63, 3.8) is 0 Å². The molecule has 2 heterocycles. The Hall–Kier alpha value is -1.15. The fraction of sp³-hybridized carbons (Fsp3) is 0.429. The summed E-state index contributed by atoms with van der Waals surface area (Å²) in [5, 5.41) is 3.16. The summed E-state index contributed by atoms with van der Waals surface area (Å²) in [7, 11) is 0. The number of hydrogen-bond acceptors (Lipinski definition) is 3. The van der Waals surface area contributed by atoms with Crippen LogP contribution in [0, 0.1) is 5.92 Å². The molecule has 1 aromatic carbocycles. The zero-order chi connectivity index (χ0) is 14.1. The Bertz CT molecular complexity index is 626. The number of hydrogen-bond donors (Lipinski definition) is 2. The van der Waals surface area contributed by atoms with Crippen LogP contribution in [0.15, 0.2) is 24.5 Å². The Morgan fingerprint density at radius 1 is 1.55 bits per heavy atom. The highest BCUT2D eigenvalue weighted by molar-refractivity contribution is 14.1. The molecule has 2 aromatic rings. The fourth-order valence-corrected chi connectivity index (χ4v) is 3.54. The molecular formula is C14H17IN4O. The second-order valence-electron chi connectivity index (χ2n) is 5.35. The van der Waals surface area contributed by atoms with E-state index < -0.39 is 0 Å². The Morgan fingerprint density at radius 2 is 2.40 bits per heavy atom. The molecular weight excluding hydrogens is 367 g/mol. The van der Waals surface area contributed by atoms with Crippen LogP contribution in [0.4, 0.5) is 0 Å². The molecule has 2 atom stereocenters. The van der Waals surface area contributed by atoms with Gasteiger partial charge in [-0.3, -0.25) is 4.79 Å². The first-order valence-electron chi connectivity index (χ1n) is 6.78. The van der Waals surface area contributed by atoms with Crippen LogP contribution in [0.1, 0.15) is 23.7 Å². The maximum Gasteiger partial charge on any atom is 0.251 e. The number of piperidine rings is 1. The van der Waals surface area contributed by atoms with Gasteiger partial charge in [-0.2, -0.15) is 0 Å². The van der Waals surface area contributed by atoms with Crippen LogP contribution in [-0.4, -0.2) is 38.1 Å². The van der Waals surface area contributed by atoms with Crippen molar-refractivity contribution < 1.29 is 4.79 Å². The number of nitrogens with one attached hydrogen (secondary N) is 2. The lowest BCUT2D eigenvalue weighted by Crippen LogP contribution is -2.47. The predicted octanol–water partition coefficient (Wildman–Crippen LogP) is 2.35. The van der Waals surface area contributed by atoms with Gasteiger partial charge in [-0.15, -0.1) is 0 Å². The Kier molecular flexibility index (Phi) is 3.93. The molecule has 106 valence electrons. The molecule has 0 aliphatic carbocycles. The van der Waals surface area contributed by atoms with E-state index in [0.717, 1.165) is 30.5 Å². The molecule has 2 unspecified atom stereocenters. The largest absolute Gasteiger partial charge is 0.349 e. The minimum absolute atomic E-state index is 0.000239. The van der Waals surface area contributed by atoms with Gasteiger partial charge in [-0.1, -0.05) is 6.92 Å². The number of aromatic nitrogens is 2. The number of carbonyl (C=O) groups is 1. The molecule has 6 heteroatoms. The number of rotatable bonds is 2. The Labute approximate surface area is 131 Å². The lowest BCUT2D eigenvalue weighted by atomic mass is 9.95. The molecule has 1 saturated heterocycles. The zero-order valence-electron chi connectivity index (χ0n) is 11.3. The van der Waals surface area contributed by atoms with Gasteiger partial charge in [0.05, 0.1) is 17.4 Å². The number of fused-ring (bicyclic) bond motifs is 1. The number of amides is 1. The molecule has 20 heavy (non-hydrogen) atoms. The summed E-state index contributed by atoms with van der Waals surface area (Å²) in [5.41, 5.74) is 2.46. The van der Waals surface area contributed by atoms with Crippen molar-refractivity contribution >= 4 is 39.8 Å². The summed E-state index contributed by atoms with van der Waals surface area (Å²) in [6.07, 6.45) is 2.65. The lowest BCUT2D eigenvalue weighted by Gasteiger charge is -2.34. The van der Waals surface area contributed by atoms with E-state index in [1.54, 1.807) is 6.33 Å². The second-order valence-corrected chi connectivity index (χ2v) is 6.71. The van der Waals surface area contributed by atoms with Crippen molar-refractivity contribution in [3.05, 3.63) is 30.1 Å². The molecule has 1 aliphatic heterocycles. The first-order valence-corrected chi connectivity index (χ1v) is 7.74. The summed E-state index contributed by atoms with van der Waals surface area (Å²) >= 11 is 2.35. The van der Waals surface area contributed by atoms with Gasteiger partial charge in [0, 0.05) is 47.6 Å². The first kappa shape index (κ1) is 13.8. The highest BCUT2D eigenvalue weighted by Crippen LogP contribution is 2.20. The number of benzene rings is 1. The van der Waals surface area contributed by atoms with Crippen LogP contribution >= 0.6 is 22.9 Å². The van der Waals surface area contributed by atoms with Gasteiger partial charge in [0.25, 0.3) is 5.91 Å². The number of carbonyl (C=O) groups excluding carboxylic acids is 1. The summed E-state index contributed by atoms with van der Waals surface area (Å²) in [5.74, 6) is 0.473. The van der Waals surface area contributed by atoms with E-state index in [1.807, 2.05) is 18.2 Å². The molecule has 0 spiro atoms. The molecule has 0 saturated carbocycles. The average molecular weight is 384 g/mol. The molecule has 2 N–H and O–H groups in total. The highest BCUT2D eigenvalue weighted by Gasteiger charge is 2.26. The van der Waals surface area contributed by atoms with Crippen LogP contribution in [0.5, 0.6) is 0 Å². The monoisotopic (exact) mass is 384 g/mol. The van der Waals surface area contributed by atoms with Crippen molar-refractivity contribution in [1.82, 2.24) is 18.4 Å². The standard InChI is InChI=1S/C14H17IN4O/c1-9-7-19(15)5-4-11(9)18-14(20)10-2-3-12-13(6-10)17-8-16-12/h2-3,6,8-9,11H,4-5,7H2,1H3,(H,16,17)(H,18,20). The smallest absolute Gasteiger partial charge is 0.251 e. The molecule has 3 rings (SSSR count). The van der Waals surface area contributed by atoms with Gasteiger partial charge < -0.3 is 10.3 Å². The van der Waals surface area contributed by atoms with Crippen LogP contribution in [0.3, 0.4) is 0 Å². The third-order valence-electron chi connectivity index (χ3n) is 3.85. The summed E-state index contributed by atoms with van der Waals surface area (Å²) in [4.78, 5) is 19.5. The van der Waals surface area contributed by atoms with E-state index in [0.29, 0.717) is 11.5 Å². The minimum Gasteiger partial charge on any atom is -0.349 e. The third kappa shape index (κ3) is 2.80. The number of halogens is 1. The van der Waals surface area contributed by atoms with Crippen molar-refractivity contribution in [1.29, 1.82) is 0 Å². The molecule has 5 nitrogen and oxygen atoms in total. The van der Waals surface area contributed by atoms with Gasteiger partial charge in [-0.05, 0) is 30.5 Å². The van der Waals surface area contributed by atoms with E-state index >= 15 is 0 Å². The summed E-state index contributed by atoms with van der Waals surface area (Å²) in [6.45, 7) is 4.23. The van der Waals surface area contributed by atoms with Crippen LogP contribution in [0.25, 0.3) is 11.0 Å². The molecule has 0 bridgehead atoms. The maximum absolute atomic E-state index is 12.3. The Balaban J connectivity index is 1.72. The van der Waals surface area contributed by atoms with Crippen LogP contribution in [-0.2, 0) is 0 Å². The minimum atomic E-state index is 0.000239. The van der Waals surface area contributed by atoms with Gasteiger partial charge in [0.2, 0.25) is 0 Å². The first-order chi connectivity index (χ1) is 9.63. The van der Waals surface area contributed by atoms with Gasteiger partial charge in [0.15, 0.2) is 0 Å². The normalized spacial score (nSPS) is 23.9. The quantitative estimate of drug-likeness (QED) is 0.618. The Morgan fingerprint density at radius 3 is 3.20 bits per heavy atom. The average Bonchev–Trinajstić information content (AvgIpc) is 2.89. The maximum atomic E-state index is 12.3. The zero-order valence-corrected chi connectivity index (χ0v) is 13.4. The van der Waals surface area contributed by atoms with E-state index in [1.165, 1.54) is 0 Å². The van der Waals surface area contributed by atoms with E-state index in [9.17, 15) is 4.79 Å². The number of aromatic amines is 1. The van der Waals surface area contributed by atoms with E-state index in [-0.39, 0.29) is 11.9 Å². The fourth-order valence-electron chi connectivity index (χ4n) is 2.64. The number of imidazole rings is 1. The van der Waals surface area contributed by atoms with Crippen molar-refractivity contribution in [2.45, 2.75) is 19.4 Å². The molecule has 1 aromatic heterocycles. The lowest BCUT2D eigenvalue weighted by molar-refractivity contribution is 0.0906. The predicted molar refractivity (Wildman–Crippen MR) is 86.7 cm³/mol. The van der Waals surface area contributed by atoms with Crippen LogP contribution < -0.4 is 5.32 Å². The van der Waals surface area contributed by atoms with Gasteiger partial charge >= 0.3 is 0 Å². The molecule has 1 aliphatic rings.